The van der Waals surface area contributed by atoms with Crippen LogP contribution in [0.2, 0.25) is 0 Å². The van der Waals surface area contributed by atoms with Crippen LogP contribution >= 0.6 is 0 Å². The zero-order chi connectivity index (χ0) is 20.2. The highest BCUT2D eigenvalue weighted by molar-refractivity contribution is 5.90. The Morgan fingerprint density at radius 3 is 2.75 bits per heavy atom. The number of rotatable bonds is 4. The number of carbonyl (C=O) groups is 2. The van der Waals surface area contributed by atoms with Crippen molar-refractivity contribution in [3.63, 3.8) is 0 Å². The van der Waals surface area contributed by atoms with Crippen LogP contribution in [0, 0.1) is 17.0 Å². The van der Waals surface area contributed by atoms with Crippen LogP contribution in [0.4, 0.5) is 5.69 Å². The Morgan fingerprint density at radius 1 is 1.39 bits per heavy atom. The topological polar surface area (TPSA) is 153 Å². The van der Waals surface area contributed by atoms with Crippen molar-refractivity contribution in [1.82, 2.24) is 18.9 Å². The Balaban J connectivity index is 2.16. The zero-order valence-corrected chi connectivity index (χ0v) is 14.2. The van der Waals surface area contributed by atoms with E-state index in [1.807, 2.05) is 0 Å². The molecule has 0 aliphatic heterocycles. The van der Waals surface area contributed by atoms with Gasteiger partial charge >= 0.3 is 5.97 Å². The normalized spacial score (nSPS) is 11.2. The van der Waals surface area contributed by atoms with Gasteiger partial charge in [0.25, 0.3) is 11.2 Å². The molecule has 0 bridgehead atoms. The number of aromatic carboxylic acids is 1. The number of nitro groups is 1. The molecule has 4 aromatic rings. The highest BCUT2D eigenvalue weighted by Crippen LogP contribution is 2.29. The van der Waals surface area contributed by atoms with Gasteiger partial charge in [-0.25, -0.2) is 9.78 Å². The Labute approximate surface area is 154 Å². The van der Waals surface area contributed by atoms with Gasteiger partial charge in [0.05, 0.1) is 21.7 Å². The number of carboxylic acids is 1. The molecule has 0 saturated carbocycles. The van der Waals surface area contributed by atoms with E-state index in [1.54, 1.807) is 0 Å². The van der Waals surface area contributed by atoms with Crippen LogP contribution in [0.15, 0.2) is 35.4 Å². The van der Waals surface area contributed by atoms with Gasteiger partial charge in [-0.2, -0.15) is 0 Å². The lowest BCUT2D eigenvalue weighted by molar-refractivity contribution is -0.384. The number of fused-ring (bicyclic) bond motifs is 3. The molecule has 4 rings (SSSR count). The van der Waals surface area contributed by atoms with Crippen molar-refractivity contribution in [1.29, 1.82) is 0 Å². The minimum atomic E-state index is -1.29. The minimum absolute atomic E-state index is 0.136. The average molecular weight is 381 g/mol. The van der Waals surface area contributed by atoms with Crippen molar-refractivity contribution in [2.24, 2.45) is 0 Å². The number of nitro benzene ring substituents is 1. The van der Waals surface area contributed by atoms with E-state index in [0.717, 1.165) is 0 Å². The van der Waals surface area contributed by atoms with Crippen LogP contribution in [0.25, 0.3) is 22.4 Å². The van der Waals surface area contributed by atoms with E-state index in [-0.39, 0.29) is 33.9 Å². The second kappa shape index (κ2) is 5.87. The van der Waals surface area contributed by atoms with Gasteiger partial charge in [0.1, 0.15) is 5.69 Å². The van der Waals surface area contributed by atoms with Gasteiger partial charge < -0.3 is 14.7 Å². The lowest BCUT2D eigenvalue weighted by Gasteiger charge is -2.09. The van der Waals surface area contributed by atoms with E-state index in [1.165, 1.54) is 46.5 Å². The molecule has 0 amide bonds. The number of hydrogen-bond donors (Lipinski definition) is 2. The third-order valence-electron chi connectivity index (χ3n) is 4.42. The van der Waals surface area contributed by atoms with E-state index >= 15 is 0 Å². The first-order valence-corrected chi connectivity index (χ1v) is 7.92. The molecule has 28 heavy (non-hydrogen) atoms. The quantitative estimate of drug-likeness (QED) is 0.310. The van der Waals surface area contributed by atoms with Gasteiger partial charge in [0.2, 0.25) is 5.65 Å². The molecule has 0 atom stereocenters. The monoisotopic (exact) mass is 381 g/mol. The molecule has 0 radical (unpaired) electrons. The number of imidazole rings is 1. The van der Waals surface area contributed by atoms with Gasteiger partial charge in [-0.3, -0.25) is 24.1 Å². The number of hydrogen-bond acceptors (Lipinski definition) is 6. The number of aromatic amines is 1. The van der Waals surface area contributed by atoms with Crippen LogP contribution in [0.3, 0.4) is 0 Å². The number of H-pyrrole nitrogens is 1. The molecule has 0 unspecified atom stereocenters. The molecule has 1 aromatic carbocycles. The number of carbonyl (C=O) groups excluding carboxylic acids is 1. The van der Waals surface area contributed by atoms with Crippen LogP contribution < -0.4 is 5.56 Å². The summed E-state index contributed by atoms with van der Waals surface area (Å²) < 4.78 is 2.75. The van der Waals surface area contributed by atoms with Gasteiger partial charge in [-0.05, 0) is 19.1 Å². The van der Waals surface area contributed by atoms with Crippen LogP contribution in [-0.2, 0) is 0 Å². The highest BCUT2D eigenvalue weighted by atomic mass is 16.6. The summed E-state index contributed by atoms with van der Waals surface area (Å²) >= 11 is 0. The third kappa shape index (κ3) is 2.37. The molecule has 0 saturated heterocycles. The smallest absolute Gasteiger partial charge is 0.356 e. The lowest BCUT2D eigenvalue weighted by Crippen LogP contribution is -2.12. The first kappa shape index (κ1) is 17.1. The molecule has 0 fully saturated rings. The summed E-state index contributed by atoms with van der Waals surface area (Å²) in [5.74, 6) is -1.29. The van der Waals surface area contributed by atoms with Crippen LogP contribution in [-0.4, -0.2) is 41.2 Å². The Hall–Kier alpha value is -4.28. The van der Waals surface area contributed by atoms with Gasteiger partial charge in [0, 0.05) is 24.0 Å². The molecule has 0 aliphatic carbocycles. The maximum absolute atomic E-state index is 12.3. The SMILES string of the molecule is Cc1c(C(=O)O)nc2c(=O)[nH]c3cc([N+](=O)[O-])c(-n4ccc(C=O)c4)cc3n12. The van der Waals surface area contributed by atoms with Crippen molar-refractivity contribution in [3.05, 3.63) is 68.0 Å². The van der Waals surface area contributed by atoms with Crippen molar-refractivity contribution in [2.75, 3.05) is 0 Å². The Kier molecular flexibility index (Phi) is 3.60. The molecule has 0 aliphatic rings. The van der Waals surface area contributed by atoms with E-state index in [0.29, 0.717) is 17.4 Å². The summed E-state index contributed by atoms with van der Waals surface area (Å²) in [6, 6.07) is 4.12. The molecule has 3 heterocycles. The number of carboxylic acid groups (broad SMARTS) is 1. The summed E-state index contributed by atoms with van der Waals surface area (Å²) in [6.07, 6.45) is 3.52. The largest absolute Gasteiger partial charge is 0.476 e. The van der Waals surface area contributed by atoms with Crippen molar-refractivity contribution < 1.29 is 19.6 Å². The molecular formula is C17H11N5O6. The van der Waals surface area contributed by atoms with Gasteiger partial charge in [-0.15, -0.1) is 0 Å². The molecule has 0 spiro atoms. The fourth-order valence-electron chi connectivity index (χ4n) is 3.17. The predicted molar refractivity (Wildman–Crippen MR) is 96.4 cm³/mol. The first-order chi connectivity index (χ1) is 13.3. The summed E-state index contributed by atoms with van der Waals surface area (Å²) in [4.78, 5) is 52.0. The van der Waals surface area contributed by atoms with Gasteiger partial charge in [0.15, 0.2) is 12.0 Å². The minimum Gasteiger partial charge on any atom is -0.476 e. The molecule has 11 heteroatoms. The average Bonchev–Trinajstić information content (AvgIpc) is 3.26. The number of nitrogens with zero attached hydrogens (tertiary/aromatic N) is 4. The fraction of sp³-hybridized carbons (Fsp3) is 0.0588. The predicted octanol–water partition coefficient (Wildman–Crippen LogP) is 1.69. The number of aldehydes is 1. The number of aromatic nitrogens is 4. The van der Waals surface area contributed by atoms with Crippen molar-refractivity contribution in [3.8, 4) is 5.69 Å². The molecule has 140 valence electrons. The first-order valence-electron chi connectivity index (χ1n) is 7.92. The van der Waals surface area contributed by atoms with Crippen molar-refractivity contribution >= 4 is 34.6 Å². The summed E-state index contributed by atoms with van der Waals surface area (Å²) in [5.41, 5.74) is -0.245. The maximum atomic E-state index is 12.3. The summed E-state index contributed by atoms with van der Waals surface area (Å²) in [5, 5.41) is 20.9. The van der Waals surface area contributed by atoms with E-state index < -0.39 is 16.5 Å². The summed E-state index contributed by atoms with van der Waals surface area (Å²) in [6.45, 7) is 1.49. The number of benzene rings is 1. The van der Waals surface area contributed by atoms with Crippen LogP contribution in [0.5, 0.6) is 0 Å². The second-order valence-corrected chi connectivity index (χ2v) is 6.05. The highest BCUT2D eigenvalue weighted by Gasteiger charge is 2.23. The van der Waals surface area contributed by atoms with Crippen LogP contribution in [0.1, 0.15) is 26.5 Å². The Morgan fingerprint density at radius 2 is 2.14 bits per heavy atom. The standard InChI is InChI=1S/C17H11N5O6/c1-8-14(17(25)26)19-15-16(24)18-10-4-13(22(27)28)12(5-11(10)21(8)15)20-3-2-9(6-20)7-23/h2-7H,1H3,(H,18,24)(H,25,26). The molecule has 3 aromatic heterocycles. The van der Waals surface area contributed by atoms with E-state index in [2.05, 4.69) is 9.97 Å². The number of nitrogens with one attached hydrogen (secondary N) is 1. The second-order valence-electron chi connectivity index (χ2n) is 6.05. The fourth-order valence-corrected chi connectivity index (χ4v) is 3.17. The Bertz CT molecular complexity index is 1380. The lowest BCUT2D eigenvalue weighted by atomic mass is 10.2. The summed E-state index contributed by atoms with van der Waals surface area (Å²) in [7, 11) is 0. The maximum Gasteiger partial charge on any atom is 0.356 e. The molecule has 2 N–H and O–H groups in total. The van der Waals surface area contributed by atoms with E-state index in [4.69, 9.17) is 0 Å². The van der Waals surface area contributed by atoms with Crippen molar-refractivity contribution in [2.45, 2.75) is 6.92 Å². The van der Waals surface area contributed by atoms with E-state index in [9.17, 15) is 29.6 Å². The zero-order valence-electron chi connectivity index (χ0n) is 14.2. The molecule has 11 nitrogen and oxygen atoms in total. The third-order valence-corrected chi connectivity index (χ3v) is 4.42. The number of aryl methyl sites for hydroxylation is 1. The molecular weight excluding hydrogens is 370 g/mol. The van der Waals surface area contributed by atoms with Gasteiger partial charge in [-0.1, -0.05) is 0 Å².